The van der Waals surface area contributed by atoms with Crippen molar-refractivity contribution in [3.05, 3.63) is 59.7 Å². The molecule has 2 aromatic carbocycles. The van der Waals surface area contributed by atoms with E-state index in [1.165, 1.54) is 6.92 Å². The number of aliphatic carboxylic acids is 1. The van der Waals surface area contributed by atoms with Crippen LogP contribution in [0.2, 0.25) is 0 Å². The van der Waals surface area contributed by atoms with Gasteiger partial charge in [0.25, 0.3) is 0 Å². The van der Waals surface area contributed by atoms with E-state index in [4.69, 9.17) is 18.9 Å². The van der Waals surface area contributed by atoms with Gasteiger partial charge >= 0.3 is 12.1 Å². The van der Waals surface area contributed by atoms with E-state index in [0.29, 0.717) is 0 Å². The zero-order chi connectivity index (χ0) is 36.3. The standard InChI is InChI=1S/C33H41N3O14/c1-14-25(39)28(42)29(43)32(49-14)47-13-22-26(40)27(41)24(34-15(2)37)30(50-22)36-23(38)11-21(31(44)45)35-33(46)48-12-20-18-9-5-3-7-16(18)17-8-4-6-10-19(17)20/h3-10,14,20-22,24-30,32,39-43H,11-13H2,1-2H3,(H,34,37)(H,35,46)(H,36,38)(H,44,45)/t14?,21-,22?,24?,25?,26?,27?,28?,29?,30?,32?/m0/s1. The number of nitrogens with one attached hydrogen (secondary N) is 3. The van der Waals surface area contributed by atoms with Gasteiger partial charge in [-0.15, -0.1) is 0 Å². The molecule has 5 rings (SSSR count). The lowest BCUT2D eigenvalue weighted by molar-refractivity contribution is -0.305. The maximum Gasteiger partial charge on any atom is 0.407 e. The average Bonchev–Trinajstić information content (AvgIpc) is 3.40. The largest absolute Gasteiger partial charge is 0.480 e. The molecule has 17 heteroatoms. The van der Waals surface area contributed by atoms with Crippen LogP contribution in [0.15, 0.2) is 48.5 Å². The first-order valence-electron chi connectivity index (χ1n) is 16.0. The second kappa shape index (κ2) is 15.8. The van der Waals surface area contributed by atoms with Gasteiger partial charge in [0.2, 0.25) is 11.8 Å². The molecule has 0 radical (unpaired) electrons. The van der Waals surface area contributed by atoms with Gasteiger partial charge in [0.05, 0.1) is 19.1 Å². The summed E-state index contributed by atoms with van der Waals surface area (Å²) in [5.74, 6) is -3.47. The van der Waals surface area contributed by atoms with Crippen LogP contribution < -0.4 is 16.0 Å². The Kier molecular flexibility index (Phi) is 11.7. The third kappa shape index (κ3) is 8.06. The van der Waals surface area contributed by atoms with Gasteiger partial charge in [-0.3, -0.25) is 9.59 Å². The Balaban J connectivity index is 1.20. The van der Waals surface area contributed by atoms with Crippen molar-refractivity contribution < 1.29 is 68.8 Å². The minimum Gasteiger partial charge on any atom is -0.480 e. The molecule has 10 unspecified atom stereocenters. The van der Waals surface area contributed by atoms with Crippen molar-refractivity contribution >= 4 is 23.9 Å². The van der Waals surface area contributed by atoms with Crippen molar-refractivity contribution in [2.45, 2.75) is 93.5 Å². The monoisotopic (exact) mass is 703 g/mol. The normalized spacial score (nSPS) is 31.1. The van der Waals surface area contributed by atoms with Gasteiger partial charge in [-0.2, -0.15) is 0 Å². The van der Waals surface area contributed by atoms with Crippen molar-refractivity contribution in [2.75, 3.05) is 13.2 Å². The van der Waals surface area contributed by atoms with Gasteiger partial charge in [0.15, 0.2) is 12.5 Å². The number of carboxylic acids is 1. The molecule has 3 aliphatic rings. The van der Waals surface area contributed by atoms with E-state index in [0.717, 1.165) is 29.2 Å². The Hall–Kier alpha value is -4.20. The second-order valence-electron chi connectivity index (χ2n) is 12.4. The summed E-state index contributed by atoms with van der Waals surface area (Å²) in [6.07, 6.45) is -15.3. The quantitative estimate of drug-likeness (QED) is 0.126. The van der Waals surface area contributed by atoms with Crippen LogP contribution in [0.1, 0.15) is 37.3 Å². The van der Waals surface area contributed by atoms with Gasteiger partial charge in [0, 0.05) is 12.8 Å². The Labute approximate surface area is 286 Å². The van der Waals surface area contributed by atoms with Gasteiger partial charge in [-0.25, -0.2) is 9.59 Å². The van der Waals surface area contributed by atoms with E-state index >= 15 is 0 Å². The molecule has 3 amide bonds. The molecule has 17 nitrogen and oxygen atoms in total. The third-order valence-corrected chi connectivity index (χ3v) is 8.98. The number of alkyl carbamates (subject to hydrolysis) is 1. The summed E-state index contributed by atoms with van der Waals surface area (Å²) in [6, 6.07) is 12.1. The predicted octanol–water partition coefficient (Wildman–Crippen LogP) is -1.72. The van der Waals surface area contributed by atoms with Gasteiger partial charge in [0.1, 0.15) is 55.3 Å². The molecule has 1 aliphatic carbocycles. The first kappa shape index (κ1) is 37.1. The van der Waals surface area contributed by atoms with E-state index in [2.05, 4.69) is 16.0 Å². The first-order valence-corrected chi connectivity index (χ1v) is 16.0. The van der Waals surface area contributed by atoms with Crippen LogP contribution >= 0.6 is 0 Å². The van der Waals surface area contributed by atoms with Crippen LogP contribution in [-0.2, 0) is 33.3 Å². The lowest BCUT2D eigenvalue weighted by atomic mass is 9.95. The summed E-state index contributed by atoms with van der Waals surface area (Å²) < 4.78 is 22.0. The van der Waals surface area contributed by atoms with Gasteiger partial charge in [-0.1, -0.05) is 48.5 Å². The fourth-order valence-corrected chi connectivity index (χ4v) is 6.35. The number of carbonyl (C=O) groups excluding carboxylic acids is 3. The zero-order valence-electron chi connectivity index (χ0n) is 27.1. The number of carboxylic acid groups (broad SMARTS) is 1. The molecule has 0 saturated carbocycles. The number of aliphatic hydroxyl groups excluding tert-OH is 5. The van der Waals surface area contributed by atoms with E-state index < -0.39 is 104 Å². The average molecular weight is 704 g/mol. The van der Waals surface area contributed by atoms with E-state index in [1.54, 1.807) is 0 Å². The Bertz CT molecular complexity index is 1510. The van der Waals surface area contributed by atoms with Crippen LogP contribution in [0.4, 0.5) is 4.79 Å². The Morgan fingerprint density at radius 2 is 1.42 bits per heavy atom. The minimum atomic E-state index is -1.75. The van der Waals surface area contributed by atoms with Gasteiger partial charge in [-0.05, 0) is 29.2 Å². The molecular weight excluding hydrogens is 662 g/mol. The summed E-state index contributed by atoms with van der Waals surface area (Å²) in [5.41, 5.74) is 3.89. The summed E-state index contributed by atoms with van der Waals surface area (Å²) in [7, 11) is 0. The summed E-state index contributed by atoms with van der Waals surface area (Å²) >= 11 is 0. The number of rotatable bonds is 11. The fourth-order valence-electron chi connectivity index (χ4n) is 6.35. The van der Waals surface area contributed by atoms with Crippen LogP contribution in [0.5, 0.6) is 0 Å². The molecule has 9 N–H and O–H groups in total. The van der Waals surface area contributed by atoms with Crippen LogP contribution in [0.25, 0.3) is 11.1 Å². The third-order valence-electron chi connectivity index (χ3n) is 8.98. The number of fused-ring (bicyclic) bond motifs is 3. The molecule has 272 valence electrons. The number of amides is 3. The molecule has 2 heterocycles. The maximum atomic E-state index is 13.1. The van der Waals surface area contributed by atoms with E-state index in [-0.39, 0.29) is 12.5 Å². The highest BCUT2D eigenvalue weighted by Gasteiger charge is 2.48. The van der Waals surface area contributed by atoms with Crippen molar-refractivity contribution in [3.8, 4) is 11.1 Å². The predicted molar refractivity (Wildman–Crippen MR) is 169 cm³/mol. The van der Waals surface area contributed by atoms with E-state index in [9.17, 15) is 49.8 Å². The molecule has 11 atom stereocenters. The fraction of sp³-hybridized carbons (Fsp3) is 0.515. The highest BCUT2D eigenvalue weighted by molar-refractivity contribution is 5.87. The van der Waals surface area contributed by atoms with Crippen molar-refractivity contribution in [1.29, 1.82) is 0 Å². The molecule has 2 saturated heterocycles. The number of benzene rings is 2. The highest BCUT2D eigenvalue weighted by Crippen LogP contribution is 2.44. The lowest BCUT2D eigenvalue weighted by Crippen LogP contribution is -2.68. The Morgan fingerprint density at radius 3 is 2.02 bits per heavy atom. The summed E-state index contributed by atoms with van der Waals surface area (Å²) in [4.78, 5) is 49.8. The minimum absolute atomic E-state index is 0.0994. The molecular formula is C33H41N3O14. The smallest absolute Gasteiger partial charge is 0.407 e. The van der Waals surface area contributed by atoms with Crippen molar-refractivity contribution in [2.24, 2.45) is 0 Å². The summed E-state index contributed by atoms with van der Waals surface area (Å²) in [5, 5.41) is 68.4. The van der Waals surface area contributed by atoms with Crippen molar-refractivity contribution in [1.82, 2.24) is 16.0 Å². The number of hydrogen-bond donors (Lipinski definition) is 9. The number of hydrogen-bond acceptors (Lipinski definition) is 13. The lowest BCUT2D eigenvalue weighted by Gasteiger charge is -2.44. The van der Waals surface area contributed by atoms with Crippen LogP contribution in [0, 0.1) is 0 Å². The Morgan fingerprint density at radius 1 is 0.800 bits per heavy atom. The zero-order valence-corrected chi connectivity index (χ0v) is 27.1. The number of carbonyl (C=O) groups is 4. The highest BCUT2D eigenvalue weighted by atomic mass is 16.7. The molecule has 0 aromatic heterocycles. The first-order chi connectivity index (χ1) is 23.8. The SMILES string of the molecule is CC(=O)NC1C(NC(=O)C[C@H](NC(=O)OCC2c3ccccc3-c3ccccc32)C(=O)O)OC(COC2OC(C)C(O)C(O)C2O)C(O)C1O. The summed E-state index contributed by atoms with van der Waals surface area (Å²) in [6.45, 7) is 1.89. The molecule has 50 heavy (non-hydrogen) atoms. The van der Waals surface area contributed by atoms with Crippen LogP contribution in [-0.4, -0.2) is 135 Å². The van der Waals surface area contributed by atoms with Crippen LogP contribution in [0.3, 0.4) is 0 Å². The molecule has 2 fully saturated rings. The molecule has 0 spiro atoms. The molecule has 2 aliphatic heterocycles. The topological polar surface area (TPSA) is 263 Å². The molecule has 2 aromatic rings. The van der Waals surface area contributed by atoms with E-state index in [1.807, 2.05) is 48.5 Å². The maximum absolute atomic E-state index is 13.1. The molecule has 0 bridgehead atoms. The second-order valence-corrected chi connectivity index (χ2v) is 12.4. The van der Waals surface area contributed by atoms with Crippen molar-refractivity contribution in [3.63, 3.8) is 0 Å². The number of ether oxygens (including phenoxy) is 4. The number of aliphatic hydroxyl groups is 5. The van der Waals surface area contributed by atoms with Gasteiger partial charge < -0.3 is 65.5 Å².